The Morgan fingerprint density at radius 3 is 2.14 bits per heavy atom. The van der Waals surface area contributed by atoms with Crippen molar-refractivity contribution in [2.75, 3.05) is 5.84 Å². The number of aliphatic hydroxyl groups excluding tert-OH is 1. The largest absolute Gasteiger partial charge is 0.868 e. The van der Waals surface area contributed by atoms with Gasteiger partial charge in [-0.3, -0.25) is 20.2 Å². The third-order valence-electron chi connectivity index (χ3n) is 2.45. The zero-order chi connectivity index (χ0) is 16.7. The molecule has 0 atom stereocenters. The fraction of sp³-hybridized carbons (Fsp3) is 0.0833. The van der Waals surface area contributed by atoms with E-state index in [0.717, 1.165) is 17.7 Å². The van der Waals surface area contributed by atoms with Gasteiger partial charge in [-0.2, -0.15) is 0 Å². The van der Waals surface area contributed by atoms with Gasteiger partial charge in [-0.1, -0.05) is 10.7 Å². The molecule has 1 aromatic carbocycles. The second kappa shape index (κ2) is 7.50. The summed E-state index contributed by atoms with van der Waals surface area (Å²) in [6.45, 7) is 0.0703. The van der Waals surface area contributed by atoms with E-state index in [1.54, 1.807) is 24.5 Å². The number of rotatable bonds is 3. The number of hydrogen-bond donors (Lipinski definition) is 2. The number of aliphatic hydroxyl groups is 1. The molecule has 0 spiro atoms. The maximum absolute atomic E-state index is 10.8. The van der Waals surface area contributed by atoms with E-state index in [0.29, 0.717) is 6.07 Å². The smallest absolute Gasteiger partial charge is 0.276 e. The molecule has 0 bridgehead atoms. The first-order valence-electron chi connectivity index (χ1n) is 5.81. The zero-order valence-corrected chi connectivity index (χ0v) is 11.2. The topological polar surface area (TPSA) is 159 Å². The molecular weight excluding hydrogens is 296 g/mol. The fourth-order valence-corrected chi connectivity index (χ4v) is 1.34. The number of nitrogen functional groups attached to an aromatic ring is 1. The minimum Gasteiger partial charge on any atom is -0.868 e. The third-order valence-corrected chi connectivity index (χ3v) is 2.45. The van der Waals surface area contributed by atoms with Crippen molar-refractivity contribution in [3.63, 3.8) is 0 Å². The molecule has 2 aromatic rings. The van der Waals surface area contributed by atoms with Crippen LogP contribution in [0, 0.1) is 20.2 Å². The first-order chi connectivity index (χ1) is 10.3. The monoisotopic (exact) mass is 308 g/mol. The number of hydrogen-bond acceptors (Lipinski definition) is 7. The Morgan fingerprint density at radius 1 is 1.09 bits per heavy atom. The predicted octanol–water partition coefficient (Wildman–Crippen LogP) is -0.243. The Labute approximate surface area is 123 Å². The summed E-state index contributed by atoms with van der Waals surface area (Å²) in [6.07, 6.45) is 3.37. The van der Waals surface area contributed by atoms with Gasteiger partial charge in [-0.05, 0) is 11.3 Å². The second-order valence-electron chi connectivity index (χ2n) is 3.98. The summed E-state index contributed by atoms with van der Waals surface area (Å²) >= 11 is 0. The number of non-ortho nitro benzene ring substituents is 1. The highest BCUT2D eigenvalue weighted by Gasteiger charge is 2.13. The maximum atomic E-state index is 10.8. The summed E-state index contributed by atoms with van der Waals surface area (Å²) in [5.41, 5.74) is -0.378. The van der Waals surface area contributed by atoms with Crippen molar-refractivity contribution in [2.24, 2.45) is 0 Å². The van der Waals surface area contributed by atoms with Crippen LogP contribution in [-0.4, -0.2) is 15.0 Å². The summed E-state index contributed by atoms with van der Waals surface area (Å²) < 4.78 is 1.43. The van der Waals surface area contributed by atoms with Gasteiger partial charge in [0.05, 0.1) is 22.5 Å². The normalized spacial score (nSPS) is 9.50. The SMILES string of the molecule is N[n+]1ccc(CO)cc1.O=[N+]([O-])c1ccc([O-])c([N+](=O)[O-])c1. The van der Waals surface area contributed by atoms with Crippen LogP contribution in [0.3, 0.4) is 0 Å². The lowest BCUT2D eigenvalue weighted by molar-refractivity contribution is -0.639. The van der Waals surface area contributed by atoms with E-state index < -0.39 is 27.0 Å². The summed E-state index contributed by atoms with van der Waals surface area (Å²) in [4.78, 5) is 18.6. The fourth-order valence-electron chi connectivity index (χ4n) is 1.34. The average Bonchev–Trinajstić information content (AvgIpc) is 2.48. The van der Waals surface area contributed by atoms with Crippen molar-refractivity contribution < 1.29 is 24.7 Å². The minimum atomic E-state index is -0.949. The molecule has 0 aliphatic rings. The Hall–Kier alpha value is -3.27. The number of nitro groups is 2. The molecule has 2 rings (SSSR count). The summed E-state index contributed by atoms with van der Waals surface area (Å²) in [7, 11) is 0. The first kappa shape index (κ1) is 16.8. The van der Waals surface area contributed by atoms with Crippen LogP contribution >= 0.6 is 0 Å². The van der Waals surface area contributed by atoms with Crippen molar-refractivity contribution in [3.8, 4) is 5.75 Å². The summed E-state index contributed by atoms with van der Waals surface area (Å²) in [5, 5.41) is 39.7. The lowest BCUT2D eigenvalue weighted by Crippen LogP contribution is -2.43. The van der Waals surface area contributed by atoms with Crippen molar-refractivity contribution in [2.45, 2.75) is 6.61 Å². The molecule has 0 saturated carbocycles. The molecule has 10 nitrogen and oxygen atoms in total. The van der Waals surface area contributed by atoms with E-state index >= 15 is 0 Å². The number of nitrogens with two attached hydrogens (primary N) is 1. The molecule has 0 fully saturated rings. The van der Waals surface area contributed by atoms with Gasteiger partial charge in [0.1, 0.15) is 0 Å². The van der Waals surface area contributed by atoms with Crippen LogP contribution in [0.2, 0.25) is 0 Å². The van der Waals surface area contributed by atoms with Crippen LogP contribution < -0.4 is 15.6 Å². The van der Waals surface area contributed by atoms with Crippen molar-refractivity contribution in [3.05, 3.63) is 68.5 Å². The van der Waals surface area contributed by atoms with Gasteiger partial charge < -0.3 is 10.2 Å². The van der Waals surface area contributed by atoms with Gasteiger partial charge in [0.25, 0.3) is 11.4 Å². The van der Waals surface area contributed by atoms with Gasteiger partial charge in [-0.15, -0.1) is 0 Å². The van der Waals surface area contributed by atoms with Crippen LogP contribution in [0.4, 0.5) is 11.4 Å². The lowest BCUT2D eigenvalue weighted by atomic mass is 10.2. The Balaban J connectivity index is 0.000000235. The quantitative estimate of drug-likeness (QED) is 0.342. The number of benzene rings is 1. The zero-order valence-electron chi connectivity index (χ0n) is 11.2. The molecule has 0 saturated heterocycles. The molecule has 0 radical (unpaired) electrons. The molecule has 0 amide bonds. The number of nitrogens with zero attached hydrogens (tertiary/aromatic N) is 3. The lowest BCUT2D eigenvalue weighted by Gasteiger charge is -2.03. The van der Waals surface area contributed by atoms with Gasteiger partial charge in [0.2, 0.25) is 0 Å². The van der Waals surface area contributed by atoms with E-state index in [4.69, 9.17) is 10.9 Å². The van der Waals surface area contributed by atoms with Gasteiger partial charge >= 0.3 is 0 Å². The van der Waals surface area contributed by atoms with Crippen molar-refractivity contribution in [1.29, 1.82) is 0 Å². The minimum absolute atomic E-state index is 0.0703. The summed E-state index contributed by atoms with van der Waals surface area (Å²) in [6, 6.07) is 5.90. The molecule has 3 N–H and O–H groups in total. The molecule has 0 aliphatic carbocycles. The molecule has 10 heteroatoms. The van der Waals surface area contributed by atoms with Gasteiger partial charge in [-0.25, -0.2) is 5.84 Å². The number of pyridine rings is 1. The summed E-state index contributed by atoms with van der Waals surface area (Å²) in [5.74, 6) is 4.48. The first-order valence-corrected chi connectivity index (χ1v) is 5.81. The van der Waals surface area contributed by atoms with Crippen LogP contribution in [-0.2, 0) is 6.61 Å². The second-order valence-corrected chi connectivity index (χ2v) is 3.98. The maximum Gasteiger partial charge on any atom is 0.276 e. The number of aromatic nitrogens is 1. The third kappa shape index (κ3) is 4.68. The number of nitro benzene ring substituents is 2. The highest BCUT2D eigenvalue weighted by molar-refractivity contribution is 5.51. The van der Waals surface area contributed by atoms with Crippen LogP contribution in [0.25, 0.3) is 0 Å². The Bertz CT molecular complexity index is 674. The van der Waals surface area contributed by atoms with E-state index in [9.17, 15) is 25.3 Å². The molecule has 116 valence electrons. The van der Waals surface area contributed by atoms with Crippen LogP contribution in [0.15, 0.2) is 42.7 Å². The van der Waals surface area contributed by atoms with Crippen LogP contribution in [0.1, 0.15) is 5.56 Å². The molecule has 0 unspecified atom stereocenters. The highest BCUT2D eigenvalue weighted by atomic mass is 16.6. The molecule has 1 heterocycles. The van der Waals surface area contributed by atoms with Crippen LogP contribution in [0.5, 0.6) is 5.75 Å². The average molecular weight is 308 g/mol. The van der Waals surface area contributed by atoms with E-state index in [-0.39, 0.29) is 6.61 Å². The molecule has 0 aliphatic heterocycles. The van der Waals surface area contributed by atoms with E-state index in [1.807, 2.05) is 0 Å². The van der Waals surface area contributed by atoms with Gasteiger partial charge in [0, 0.05) is 18.2 Å². The molecular formula is C12H12N4O6. The Kier molecular flexibility index (Phi) is 5.72. The van der Waals surface area contributed by atoms with Gasteiger partial charge in [0.15, 0.2) is 12.4 Å². The Morgan fingerprint density at radius 2 is 1.68 bits per heavy atom. The predicted molar refractivity (Wildman–Crippen MR) is 71.9 cm³/mol. The molecule has 22 heavy (non-hydrogen) atoms. The molecule has 1 aromatic heterocycles. The van der Waals surface area contributed by atoms with E-state index in [2.05, 4.69) is 0 Å². The van der Waals surface area contributed by atoms with Crippen molar-refractivity contribution in [1.82, 2.24) is 0 Å². The van der Waals surface area contributed by atoms with Crippen molar-refractivity contribution >= 4 is 11.4 Å². The van der Waals surface area contributed by atoms with E-state index in [1.165, 1.54) is 4.68 Å². The standard InChI is InChI=1S/C6H4N2O5.C6H9N2O/c9-6-2-1-4(7(10)11)3-5(6)8(12)13;7-8-3-1-6(5-9)2-4-8/h1-3,9H;1-4,9H,5,7H2/q;+1/p-1. The highest BCUT2D eigenvalue weighted by Crippen LogP contribution is 2.27.